The van der Waals surface area contributed by atoms with Crippen LogP contribution >= 0.6 is 0 Å². The van der Waals surface area contributed by atoms with Gasteiger partial charge in [0.25, 0.3) is 0 Å². The number of hydrogen-bond acceptors (Lipinski definition) is 7. The van der Waals surface area contributed by atoms with Gasteiger partial charge in [-0.25, -0.2) is 18.4 Å². The first-order valence-corrected chi connectivity index (χ1v) is 9.13. The van der Waals surface area contributed by atoms with Crippen LogP contribution in [0, 0.1) is 0 Å². The highest BCUT2D eigenvalue weighted by molar-refractivity contribution is 7.90. The van der Waals surface area contributed by atoms with Crippen LogP contribution in [0.1, 0.15) is 11.7 Å². The van der Waals surface area contributed by atoms with E-state index in [2.05, 4.69) is 20.6 Å². The zero-order valence-electron chi connectivity index (χ0n) is 12.7. The summed E-state index contributed by atoms with van der Waals surface area (Å²) in [6, 6.07) is 7.82. The van der Waals surface area contributed by atoms with E-state index in [1.807, 2.05) is 24.3 Å². The van der Waals surface area contributed by atoms with Gasteiger partial charge < -0.3 is 15.4 Å². The summed E-state index contributed by atoms with van der Waals surface area (Å²) in [6.45, 7) is 2.41. The number of ether oxygens (including phenoxy) is 1. The summed E-state index contributed by atoms with van der Waals surface area (Å²) in [5, 5.41) is 6.33. The molecule has 2 N–H and O–H groups in total. The fourth-order valence-corrected chi connectivity index (χ4v) is 2.75. The molecule has 0 unspecified atom stereocenters. The molecule has 0 aliphatic carbocycles. The number of sulfone groups is 1. The van der Waals surface area contributed by atoms with Crippen molar-refractivity contribution in [3.63, 3.8) is 0 Å². The summed E-state index contributed by atoms with van der Waals surface area (Å²) < 4.78 is 28.4. The molecule has 0 amide bonds. The molecule has 1 aliphatic heterocycles. The van der Waals surface area contributed by atoms with E-state index >= 15 is 0 Å². The van der Waals surface area contributed by atoms with Gasteiger partial charge in [-0.15, -0.1) is 0 Å². The molecule has 1 saturated heterocycles. The van der Waals surface area contributed by atoms with Crippen molar-refractivity contribution in [3.05, 3.63) is 42.2 Å². The number of benzene rings is 1. The summed E-state index contributed by atoms with van der Waals surface area (Å²) in [7, 11) is -3.28. The average molecular weight is 334 g/mol. The van der Waals surface area contributed by atoms with Crippen molar-refractivity contribution < 1.29 is 13.2 Å². The van der Waals surface area contributed by atoms with Crippen LogP contribution in [-0.4, -0.2) is 44.3 Å². The first-order chi connectivity index (χ1) is 11.0. The second-order valence-electron chi connectivity index (χ2n) is 5.33. The molecule has 1 fully saturated rings. The van der Waals surface area contributed by atoms with E-state index in [-0.39, 0.29) is 11.0 Å². The third-order valence-corrected chi connectivity index (χ3v) is 4.59. The van der Waals surface area contributed by atoms with Gasteiger partial charge in [0.15, 0.2) is 9.84 Å². The summed E-state index contributed by atoms with van der Waals surface area (Å²) in [4.78, 5) is 8.13. The summed E-state index contributed by atoms with van der Waals surface area (Å²) in [5.41, 5.74) is 1.93. The molecule has 122 valence electrons. The van der Waals surface area contributed by atoms with Crippen molar-refractivity contribution in [1.82, 2.24) is 15.3 Å². The van der Waals surface area contributed by atoms with Crippen LogP contribution in [0.2, 0.25) is 0 Å². The first kappa shape index (κ1) is 15.9. The van der Waals surface area contributed by atoms with Crippen LogP contribution in [0.4, 0.5) is 11.6 Å². The molecule has 0 bridgehead atoms. The third kappa shape index (κ3) is 4.04. The fraction of sp³-hybridized carbons (Fsp3) is 0.333. The minimum Gasteiger partial charge on any atom is -0.371 e. The van der Waals surface area contributed by atoms with Crippen LogP contribution in [-0.2, 0) is 14.6 Å². The molecule has 8 heteroatoms. The van der Waals surface area contributed by atoms with Gasteiger partial charge in [-0.2, -0.15) is 0 Å². The van der Waals surface area contributed by atoms with Crippen molar-refractivity contribution in [2.45, 2.75) is 11.0 Å². The highest BCUT2D eigenvalue weighted by atomic mass is 32.2. The van der Waals surface area contributed by atoms with Crippen LogP contribution in [0.5, 0.6) is 0 Å². The standard InChI is InChI=1S/C15H18N4O3S/c1-23(20,21)13-8-17-15(18-9-13)19-12-4-2-11(3-5-12)14-10-16-6-7-22-14/h2-5,8-9,14,16H,6-7,10H2,1H3,(H,17,18,19)/t14-/m1/s1. The SMILES string of the molecule is CS(=O)(=O)c1cnc(Nc2ccc([C@H]3CNCCO3)cc2)nc1. The van der Waals surface area contributed by atoms with E-state index in [9.17, 15) is 8.42 Å². The van der Waals surface area contributed by atoms with E-state index in [1.54, 1.807) is 0 Å². The lowest BCUT2D eigenvalue weighted by molar-refractivity contribution is 0.0277. The Labute approximate surface area is 135 Å². The number of morpholine rings is 1. The van der Waals surface area contributed by atoms with Crippen molar-refractivity contribution in [3.8, 4) is 0 Å². The van der Waals surface area contributed by atoms with E-state index in [4.69, 9.17) is 4.74 Å². The van der Waals surface area contributed by atoms with Gasteiger partial charge in [0.2, 0.25) is 5.95 Å². The number of rotatable bonds is 4. The third-order valence-electron chi connectivity index (χ3n) is 3.52. The van der Waals surface area contributed by atoms with Crippen molar-refractivity contribution in [2.75, 3.05) is 31.3 Å². The quantitative estimate of drug-likeness (QED) is 0.870. The molecular weight excluding hydrogens is 316 g/mol. The molecule has 2 aromatic rings. The Morgan fingerprint density at radius 3 is 2.48 bits per heavy atom. The molecule has 7 nitrogen and oxygen atoms in total. The minimum absolute atomic E-state index is 0.0723. The Kier molecular flexibility index (Phi) is 4.56. The van der Waals surface area contributed by atoms with Crippen LogP contribution in [0.15, 0.2) is 41.6 Å². The molecular formula is C15H18N4O3S. The van der Waals surface area contributed by atoms with E-state index in [0.717, 1.165) is 30.6 Å². The van der Waals surface area contributed by atoms with E-state index < -0.39 is 9.84 Å². The maximum Gasteiger partial charge on any atom is 0.227 e. The number of hydrogen-bond donors (Lipinski definition) is 2. The minimum atomic E-state index is -3.28. The van der Waals surface area contributed by atoms with Gasteiger partial charge in [0, 0.05) is 25.0 Å². The molecule has 1 aliphatic rings. The Morgan fingerprint density at radius 2 is 1.91 bits per heavy atom. The van der Waals surface area contributed by atoms with Gasteiger partial charge in [-0.3, -0.25) is 0 Å². The Morgan fingerprint density at radius 1 is 1.22 bits per heavy atom. The molecule has 3 rings (SSSR count). The number of anilines is 2. The number of nitrogens with one attached hydrogen (secondary N) is 2. The molecule has 1 atom stereocenters. The van der Waals surface area contributed by atoms with Gasteiger partial charge in [0.1, 0.15) is 4.90 Å². The lowest BCUT2D eigenvalue weighted by Crippen LogP contribution is -2.33. The number of aromatic nitrogens is 2. The van der Waals surface area contributed by atoms with Gasteiger partial charge in [-0.1, -0.05) is 12.1 Å². The molecule has 23 heavy (non-hydrogen) atoms. The molecule has 0 saturated carbocycles. The van der Waals surface area contributed by atoms with Gasteiger partial charge >= 0.3 is 0 Å². The second kappa shape index (κ2) is 6.61. The highest BCUT2D eigenvalue weighted by Gasteiger charge is 2.15. The normalized spacial score (nSPS) is 18.6. The average Bonchev–Trinajstić information content (AvgIpc) is 2.56. The molecule has 2 heterocycles. The van der Waals surface area contributed by atoms with E-state index in [0.29, 0.717) is 12.6 Å². The molecule has 0 spiro atoms. The van der Waals surface area contributed by atoms with Crippen molar-refractivity contribution in [2.24, 2.45) is 0 Å². The predicted octanol–water partition coefficient (Wildman–Crippen LogP) is 1.28. The first-order valence-electron chi connectivity index (χ1n) is 7.24. The fourth-order valence-electron chi connectivity index (χ4n) is 2.26. The van der Waals surface area contributed by atoms with Crippen molar-refractivity contribution in [1.29, 1.82) is 0 Å². The lowest BCUT2D eigenvalue weighted by Gasteiger charge is -2.24. The largest absolute Gasteiger partial charge is 0.371 e. The van der Waals surface area contributed by atoms with E-state index in [1.165, 1.54) is 12.4 Å². The van der Waals surface area contributed by atoms with Gasteiger partial charge in [0.05, 0.1) is 25.1 Å². The van der Waals surface area contributed by atoms with Crippen LogP contribution < -0.4 is 10.6 Å². The lowest BCUT2D eigenvalue weighted by atomic mass is 10.1. The Balaban J connectivity index is 1.68. The maximum atomic E-state index is 11.4. The smallest absolute Gasteiger partial charge is 0.227 e. The molecule has 1 aromatic heterocycles. The van der Waals surface area contributed by atoms with Gasteiger partial charge in [-0.05, 0) is 17.7 Å². The summed E-state index contributed by atoms with van der Waals surface area (Å²) in [6.07, 6.45) is 3.78. The monoisotopic (exact) mass is 334 g/mol. The van der Waals surface area contributed by atoms with Crippen molar-refractivity contribution >= 4 is 21.5 Å². The highest BCUT2D eigenvalue weighted by Crippen LogP contribution is 2.21. The zero-order valence-corrected chi connectivity index (χ0v) is 13.5. The van der Waals surface area contributed by atoms with Crippen LogP contribution in [0.25, 0.3) is 0 Å². The predicted molar refractivity (Wildman–Crippen MR) is 86.4 cm³/mol. The molecule has 1 aromatic carbocycles. The Hall–Kier alpha value is -2.03. The van der Waals surface area contributed by atoms with Crippen LogP contribution in [0.3, 0.4) is 0 Å². The Bertz CT molecular complexity index is 754. The summed E-state index contributed by atoms with van der Waals surface area (Å²) in [5.74, 6) is 0.348. The maximum absolute atomic E-state index is 11.4. The topological polar surface area (TPSA) is 93.2 Å². The second-order valence-corrected chi connectivity index (χ2v) is 7.34. The zero-order chi connectivity index (χ0) is 16.3. The summed E-state index contributed by atoms with van der Waals surface area (Å²) >= 11 is 0. The molecule has 0 radical (unpaired) electrons. The number of nitrogens with zero attached hydrogens (tertiary/aromatic N) is 2.